The first-order valence-electron chi connectivity index (χ1n) is 6.41. The van der Waals surface area contributed by atoms with E-state index in [1.54, 1.807) is 0 Å². The number of hydrogen-bond acceptors (Lipinski definition) is 4. The number of hydrogen-bond donors (Lipinski definition) is 0. The Morgan fingerprint density at radius 3 is 2.50 bits per heavy atom. The van der Waals surface area contributed by atoms with E-state index < -0.39 is 39.7 Å². The summed E-state index contributed by atoms with van der Waals surface area (Å²) < 4.78 is 54.5. The van der Waals surface area contributed by atoms with E-state index in [1.165, 1.54) is 0 Å². The molecule has 0 aromatic heterocycles. The minimum absolute atomic E-state index is 0.120. The van der Waals surface area contributed by atoms with Crippen molar-refractivity contribution < 1.29 is 32.0 Å². The normalized spacial score (nSPS) is 22.5. The molecule has 1 saturated carbocycles. The molecule has 0 spiro atoms. The highest BCUT2D eigenvalue weighted by atomic mass is 19.4. The van der Waals surface area contributed by atoms with Gasteiger partial charge in [-0.3, -0.25) is 14.9 Å². The van der Waals surface area contributed by atoms with Gasteiger partial charge in [0.25, 0.3) is 0 Å². The van der Waals surface area contributed by atoms with E-state index in [1.807, 2.05) is 0 Å². The van der Waals surface area contributed by atoms with Gasteiger partial charge in [0, 0.05) is 17.8 Å². The summed E-state index contributed by atoms with van der Waals surface area (Å²) in [5.41, 5.74) is -3.04. The molecule has 22 heavy (non-hydrogen) atoms. The highest BCUT2D eigenvalue weighted by Gasteiger charge is 2.55. The summed E-state index contributed by atoms with van der Waals surface area (Å²) in [5.74, 6) is -3.54. The van der Waals surface area contributed by atoms with Crippen molar-refractivity contribution in [1.82, 2.24) is 0 Å². The van der Waals surface area contributed by atoms with Crippen LogP contribution in [0, 0.1) is 15.9 Å². The molecule has 1 aliphatic rings. The lowest BCUT2D eigenvalue weighted by Gasteiger charge is -2.28. The van der Waals surface area contributed by atoms with Crippen LogP contribution in [-0.2, 0) is 10.3 Å². The Bertz CT molecular complexity index is 617. The standard InChI is InChI=1S/C13H11F4NO4/c14-11-8(4-3-5-9(11)22-13(15,16)17)12(18(20)21)7-2-1-6-10(12)19/h3-5H,1-2,6-7H2. The number of ketones is 1. The Hall–Kier alpha value is -2.19. The maximum Gasteiger partial charge on any atom is 0.573 e. The topological polar surface area (TPSA) is 69.4 Å². The van der Waals surface area contributed by atoms with Gasteiger partial charge in [0.15, 0.2) is 11.6 Å². The van der Waals surface area contributed by atoms with E-state index in [4.69, 9.17) is 0 Å². The Morgan fingerprint density at radius 2 is 1.95 bits per heavy atom. The summed E-state index contributed by atoms with van der Waals surface area (Å²) >= 11 is 0. The lowest BCUT2D eigenvalue weighted by molar-refractivity contribution is -0.563. The number of rotatable bonds is 3. The van der Waals surface area contributed by atoms with Crippen molar-refractivity contribution in [1.29, 1.82) is 0 Å². The number of Topliss-reactive ketones (excluding diaryl/α,β-unsaturated/α-hetero) is 1. The smallest absolute Gasteiger partial charge is 0.403 e. The van der Waals surface area contributed by atoms with Crippen molar-refractivity contribution in [2.45, 2.75) is 37.6 Å². The van der Waals surface area contributed by atoms with E-state index in [-0.39, 0.29) is 12.8 Å². The van der Waals surface area contributed by atoms with Crippen LogP contribution in [0.5, 0.6) is 5.75 Å². The molecule has 120 valence electrons. The van der Waals surface area contributed by atoms with Gasteiger partial charge in [-0.05, 0) is 25.0 Å². The van der Waals surface area contributed by atoms with Crippen LogP contribution in [0.3, 0.4) is 0 Å². The lowest BCUT2D eigenvalue weighted by Crippen LogP contribution is -2.46. The SMILES string of the molecule is O=C1CCCCC1(c1cccc(OC(F)(F)F)c1F)[N+](=O)[O-]. The third kappa shape index (κ3) is 2.75. The van der Waals surface area contributed by atoms with Crippen LogP contribution in [0.1, 0.15) is 31.2 Å². The van der Waals surface area contributed by atoms with Crippen LogP contribution in [-0.4, -0.2) is 17.1 Å². The molecule has 0 N–H and O–H groups in total. The molecular formula is C13H11F4NO4. The summed E-state index contributed by atoms with van der Waals surface area (Å²) in [6.07, 6.45) is -4.79. The molecule has 0 saturated heterocycles. The Balaban J connectivity index is 2.56. The molecule has 1 fully saturated rings. The number of alkyl halides is 3. The van der Waals surface area contributed by atoms with E-state index in [0.29, 0.717) is 18.9 Å². The summed E-state index contributed by atoms with van der Waals surface area (Å²) in [7, 11) is 0. The third-order valence-electron chi connectivity index (χ3n) is 3.60. The third-order valence-corrected chi connectivity index (χ3v) is 3.60. The van der Waals surface area contributed by atoms with Gasteiger partial charge in [-0.1, -0.05) is 6.07 Å². The fourth-order valence-corrected chi connectivity index (χ4v) is 2.62. The first-order chi connectivity index (χ1) is 10.2. The number of halogens is 4. The number of nitrogens with zero attached hydrogens (tertiary/aromatic N) is 1. The number of benzene rings is 1. The van der Waals surface area contributed by atoms with Crippen molar-refractivity contribution in [2.75, 3.05) is 0 Å². The molecule has 0 heterocycles. The van der Waals surface area contributed by atoms with Gasteiger partial charge in [0.2, 0.25) is 5.78 Å². The van der Waals surface area contributed by atoms with Gasteiger partial charge in [-0.25, -0.2) is 4.39 Å². The van der Waals surface area contributed by atoms with Crippen LogP contribution in [0.25, 0.3) is 0 Å². The zero-order valence-electron chi connectivity index (χ0n) is 11.2. The molecule has 0 radical (unpaired) electrons. The van der Waals surface area contributed by atoms with Crippen molar-refractivity contribution in [2.24, 2.45) is 0 Å². The molecule has 0 amide bonds. The average Bonchev–Trinajstić information content (AvgIpc) is 2.40. The molecule has 2 rings (SSSR count). The zero-order chi connectivity index (χ0) is 16.5. The summed E-state index contributed by atoms with van der Waals surface area (Å²) in [6, 6.07) is 2.64. The first kappa shape index (κ1) is 16.2. The molecule has 1 aromatic rings. The predicted molar refractivity (Wildman–Crippen MR) is 65.2 cm³/mol. The minimum Gasteiger partial charge on any atom is -0.403 e. The molecule has 5 nitrogen and oxygen atoms in total. The van der Waals surface area contributed by atoms with E-state index in [0.717, 1.165) is 12.1 Å². The van der Waals surface area contributed by atoms with Gasteiger partial charge in [-0.2, -0.15) is 0 Å². The van der Waals surface area contributed by atoms with Crippen molar-refractivity contribution in [3.8, 4) is 5.75 Å². The molecule has 9 heteroatoms. The molecule has 1 aromatic carbocycles. The second kappa shape index (κ2) is 5.54. The van der Waals surface area contributed by atoms with Crippen molar-refractivity contribution in [3.05, 3.63) is 39.7 Å². The lowest BCUT2D eigenvalue weighted by atomic mass is 9.76. The summed E-state index contributed by atoms with van der Waals surface area (Å²) in [5, 5.41) is 11.4. The Labute approximate surface area is 122 Å². The quantitative estimate of drug-likeness (QED) is 0.486. The molecule has 1 unspecified atom stereocenters. The van der Waals surface area contributed by atoms with Crippen LogP contribution in [0.15, 0.2) is 18.2 Å². The number of carbonyl (C=O) groups excluding carboxylic acids is 1. The minimum atomic E-state index is -5.14. The van der Waals surface area contributed by atoms with Crippen LogP contribution in [0.2, 0.25) is 0 Å². The monoisotopic (exact) mass is 321 g/mol. The Kier molecular flexibility index (Phi) is 4.08. The van der Waals surface area contributed by atoms with Gasteiger partial charge >= 0.3 is 11.9 Å². The fourth-order valence-electron chi connectivity index (χ4n) is 2.62. The van der Waals surface area contributed by atoms with E-state index in [9.17, 15) is 32.5 Å². The Morgan fingerprint density at radius 1 is 1.27 bits per heavy atom. The number of ether oxygens (including phenoxy) is 1. The second-order valence-corrected chi connectivity index (χ2v) is 4.91. The molecule has 0 aliphatic heterocycles. The van der Waals surface area contributed by atoms with Crippen LogP contribution < -0.4 is 4.74 Å². The largest absolute Gasteiger partial charge is 0.573 e. The summed E-state index contributed by atoms with van der Waals surface area (Å²) in [4.78, 5) is 22.5. The summed E-state index contributed by atoms with van der Waals surface area (Å²) in [6.45, 7) is 0. The van der Waals surface area contributed by atoms with Gasteiger partial charge < -0.3 is 4.74 Å². The maximum absolute atomic E-state index is 14.3. The average molecular weight is 321 g/mol. The van der Waals surface area contributed by atoms with Gasteiger partial charge in [0.05, 0.1) is 5.56 Å². The van der Waals surface area contributed by atoms with Crippen molar-refractivity contribution in [3.63, 3.8) is 0 Å². The van der Waals surface area contributed by atoms with Gasteiger partial charge in [0.1, 0.15) is 0 Å². The maximum atomic E-state index is 14.3. The van der Waals surface area contributed by atoms with E-state index >= 15 is 0 Å². The molecule has 0 bridgehead atoms. The van der Waals surface area contributed by atoms with E-state index in [2.05, 4.69) is 4.74 Å². The highest BCUT2D eigenvalue weighted by Crippen LogP contribution is 2.41. The fraction of sp³-hybridized carbons (Fsp3) is 0.462. The number of carbonyl (C=O) groups is 1. The number of nitro groups is 1. The van der Waals surface area contributed by atoms with Gasteiger partial charge in [-0.15, -0.1) is 13.2 Å². The van der Waals surface area contributed by atoms with Crippen molar-refractivity contribution >= 4 is 5.78 Å². The molecule has 1 atom stereocenters. The van der Waals surface area contributed by atoms with Crippen LogP contribution in [0.4, 0.5) is 17.6 Å². The molecular weight excluding hydrogens is 310 g/mol. The highest BCUT2D eigenvalue weighted by molar-refractivity contribution is 5.89. The molecule has 1 aliphatic carbocycles. The van der Waals surface area contributed by atoms with Crippen LogP contribution >= 0.6 is 0 Å². The first-order valence-corrected chi connectivity index (χ1v) is 6.41. The predicted octanol–water partition coefficient (Wildman–Crippen LogP) is 3.34. The zero-order valence-corrected chi connectivity index (χ0v) is 11.2. The second-order valence-electron chi connectivity index (χ2n) is 4.91.